The molecule has 0 spiro atoms. The van der Waals surface area contributed by atoms with Crippen molar-refractivity contribution in [3.05, 3.63) is 65.4 Å². The van der Waals surface area contributed by atoms with Crippen LogP contribution in [0, 0.1) is 0 Å². The fourth-order valence-electron chi connectivity index (χ4n) is 3.32. The number of ether oxygens (including phenoxy) is 1. The molecule has 0 atom stereocenters. The zero-order valence-corrected chi connectivity index (χ0v) is 16.0. The van der Waals surface area contributed by atoms with Gasteiger partial charge in [0.15, 0.2) is 5.76 Å². The number of aromatic nitrogens is 1. The van der Waals surface area contributed by atoms with Crippen molar-refractivity contribution in [2.45, 2.75) is 6.54 Å². The number of hydrogen-bond acceptors (Lipinski definition) is 5. The molecule has 2 heterocycles. The number of nitrogens with zero attached hydrogens (tertiary/aromatic N) is 3. The molecule has 0 aliphatic carbocycles. The first kappa shape index (κ1) is 17.9. The molecular formula is C21H22ClN3O2. The van der Waals surface area contributed by atoms with Crippen molar-refractivity contribution >= 4 is 17.3 Å². The molecule has 0 radical (unpaired) electrons. The van der Waals surface area contributed by atoms with Crippen molar-refractivity contribution in [3.63, 3.8) is 0 Å². The zero-order valence-electron chi connectivity index (χ0n) is 15.3. The summed E-state index contributed by atoms with van der Waals surface area (Å²) in [5, 5.41) is 4.91. The lowest BCUT2D eigenvalue weighted by molar-refractivity contribution is 0.220. The van der Waals surface area contributed by atoms with Gasteiger partial charge in [-0.1, -0.05) is 28.9 Å². The Labute approximate surface area is 164 Å². The molecule has 3 aromatic rings. The number of halogens is 1. The minimum atomic E-state index is 0.720. The smallest absolute Gasteiger partial charge is 0.151 e. The molecule has 1 aliphatic heterocycles. The highest BCUT2D eigenvalue weighted by atomic mass is 35.5. The van der Waals surface area contributed by atoms with Crippen LogP contribution < -0.4 is 9.64 Å². The Hall–Kier alpha value is -2.50. The van der Waals surface area contributed by atoms with Crippen molar-refractivity contribution in [1.29, 1.82) is 0 Å². The van der Waals surface area contributed by atoms with E-state index >= 15 is 0 Å². The highest BCUT2D eigenvalue weighted by Gasteiger charge is 2.19. The normalized spacial score (nSPS) is 15.1. The molecule has 4 rings (SSSR count). The minimum Gasteiger partial charge on any atom is -0.497 e. The summed E-state index contributed by atoms with van der Waals surface area (Å²) < 4.78 is 10.8. The van der Waals surface area contributed by atoms with E-state index in [4.69, 9.17) is 20.9 Å². The molecule has 1 aliphatic rings. The highest BCUT2D eigenvalue weighted by Crippen LogP contribution is 2.23. The van der Waals surface area contributed by atoms with Crippen LogP contribution in [-0.2, 0) is 6.54 Å². The maximum Gasteiger partial charge on any atom is 0.151 e. The van der Waals surface area contributed by atoms with Crippen LogP contribution in [-0.4, -0.2) is 43.3 Å². The second-order valence-corrected chi connectivity index (χ2v) is 7.08. The van der Waals surface area contributed by atoms with E-state index in [1.165, 1.54) is 5.69 Å². The Bertz CT molecular complexity index is 869. The minimum absolute atomic E-state index is 0.720. The van der Waals surface area contributed by atoms with Crippen molar-refractivity contribution in [3.8, 4) is 17.0 Å². The van der Waals surface area contributed by atoms with Crippen LogP contribution in [0.3, 0.4) is 0 Å². The van der Waals surface area contributed by atoms with E-state index in [9.17, 15) is 0 Å². The number of methoxy groups -OCH3 is 1. The van der Waals surface area contributed by atoms with Gasteiger partial charge in [-0.25, -0.2) is 0 Å². The molecule has 2 aromatic carbocycles. The number of hydrogen-bond donors (Lipinski definition) is 0. The fraction of sp³-hybridized carbons (Fsp3) is 0.286. The second-order valence-electron chi connectivity index (χ2n) is 6.65. The molecule has 0 saturated carbocycles. The lowest BCUT2D eigenvalue weighted by Gasteiger charge is -2.35. The van der Waals surface area contributed by atoms with Crippen molar-refractivity contribution in [2.75, 3.05) is 38.2 Å². The molecule has 0 N–H and O–H groups in total. The summed E-state index contributed by atoms with van der Waals surface area (Å²) in [7, 11) is 1.69. The van der Waals surface area contributed by atoms with Gasteiger partial charge in [-0.05, 0) is 36.4 Å². The van der Waals surface area contributed by atoms with Gasteiger partial charge >= 0.3 is 0 Å². The zero-order chi connectivity index (χ0) is 18.6. The molecule has 27 heavy (non-hydrogen) atoms. The first-order valence-corrected chi connectivity index (χ1v) is 9.42. The van der Waals surface area contributed by atoms with Crippen molar-refractivity contribution < 1.29 is 9.26 Å². The van der Waals surface area contributed by atoms with Gasteiger partial charge in [-0.2, -0.15) is 0 Å². The SMILES string of the molecule is COc1ccc(N2CCN(Cc3cc(-c4ccc(Cl)cc4)no3)CC2)cc1. The van der Waals surface area contributed by atoms with Gasteiger partial charge in [0.2, 0.25) is 0 Å². The Kier molecular flexibility index (Phi) is 5.32. The Morgan fingerprint density at radius 2 is 1.70 bits per heavy atom. The summed E-state index contributed by atoms with van der Waals surface area (Å²) in [4.78, 5) is 4.79. The van der Waals surface area contributed by atoms with Gasteiger partial charge in [0.05, 0.1) is 13.7 Å². The van der Waals surface area contributed by atoms with Gasteiger partial charge in [0, 0.05) is 48.5 Å². The summed E-state index contributed by atoms with van der Waals surface area (Å²) in [5.74, 6) is 1.78. The Balaban J connectivity index is 1.33. The van der Waals surface area contributed by atoms with Gasteiger partial charge in [-0.15, -0.1) is 0 Å². The van der Waals surface area contributed by atoms with E-state index in [-0.39, 0.29) is 0 Å². The highest BCUT2D eigenvalue weighted by molar-refractivity contribution is 6.30. The van der Waals surface area contributed by atoms with Crippen LogP contribution in [0.25, 0.3) is 11.3 Å². The van der Waals surface area contributed by atoms with Crippen LogP contribution in [0.2, 0.25) is 5.02 Å². The molecule has 1 fully saturated rings. The first-order valence-electron chi connectivity index (χ1n) is 9.04. The number of anilines is 1. The summed E-state index contributed by atoms with van der Waals surface area (Å²) >= 11 is 5.94. The van der Waals surface area contributed by atoms with Gasteiger partial charge in [0.1, 0.15) is 11.4 Å². The number of benzene rings is 2. The summed E-state index contributed by atoms with van der Waals surface area (Å²) in [6, 6.07) is 17.9. The number of rotatable bonds is 5. The predicted molar refractivity (Wildman–Crippen MR) is 107 cm³/mol. The second kappa shape index (κ2) is 8.03. The molecule has 140 valence electrons. The van der Waals surface area contributed by atoms with E-state index in [1.807, 2.05) is 42.5 Å². The molecular weight excluding hydrogens is 362 g/mol. The summed E-state index contributed by atoms with van der Waals surface area (Å²) in [5.41, 5.74) is 3.09. The molecule has 0 unspecified atom stereocenters. The maximum atomic E-state index is 5.94. The van der Waals surface area contributed by atoms with Gasteiger partial charge < -0.3 is 14.2 Å². The molecule has 0 bridgehead atoms. The Morgan fingerprint density at radius 3 is 2.37 bits per heavy atom. The summed E-state index contributed by atoms with van der Waals surface area (Å²) in [6.45, 7) is 4.73. The molecule has 5 nitrogen and oxygen atoms in total. The maximum absolute atomic E-state index is 5.94. The molecule has 1 aromatic heterocycles. The predicted octanol–water partition coefficient (Wildman–Crippen LogP) is 4.33. The third kappa shape index (κ3) is 4.26. The third-order valence-electron chi connectivity index (χ3n) is 4.89. The quantitative estimate of drug-likeness (QED) is 0.656. The molecule has 0 amide bonds. The first-order chi connectivity index (χ1) is 13.2. The van der Waals surface area contributed by atoms with Crippen LogP contribution in [0.5, 0.6) is 5.75 Å². The molecule has 1 saturated heterocycles. The van der Waals surface area contributed by atoms with Crippen molar-refractivity contribution in [2.24, 2.45) is 0 Å². The van der Waals surface area contributed by atoms with Crippen LogP contribution >= 0.6 is 11.6 Å². The van der Waals surface area contributed by atoms with E-state index in [2.05, 4.69) is 27.1 Å². The number of piperazine rings is 1. The Morgan fingerprint density at radius 1 is 1.00 bits per heavy atom. The molecule has 6 heteroatoms. The monoisotopic (exact) mass is 383 g/mol. The standard InChI is InChI=1S/C21H22ClN3O2/c1-26-19-8-6-18(7-9-19)25-12-10-24(11-13-25)15-20-14-21(23-27-20)16-2-4-17(22)5-3-16/h2-9,14H,10-13,15H2,1H3. The topological polar surface area (TPSA) is 41.7 Å². The lowest BCUT2D eigenvalue weighted by atomic mass is 10.1. The average molecular weight is 384 g/mol. The van der Waals surface area contributed by atoms with Crippen LogP contribution in [0.1, 0.15) is 5.76 Å². The third-order valence-corrected chi connectivity index (χ3v) is 5.14. The van der Waals surface area contributed by atoms with E-state index in [1.54, 1.807) is 7.11 Å². The van der Waals surface area contributed by atoms with E-state index < -0.39 is 0 Å². The van der Waals surface area contributed by atoms with E-state index in [0.717, 1.165) is 60.5 Å². The average Bonchev–Trinajstić information content (AvgIpc) is 3.18. The van der Waals surface area contributed by atoms with Crippen LogP contribution in [0.15, 0.2) is 59.1 Å². The lowest BCUT2D eigenvalue weighted by Crippen LogP contribution is -2.45. The van der Waals surface area contributed by atoms with Crippen LogP contribution in [0.4, 0.5) is 5.69 Å². The van der Waals surface area contributed by atoms with Gasteiger partial charge in [-0.3, -0.25) is 4.90 Å². The fourth-order valence-corrected chi connectivity index (χ4v) is 3.45. The summed E-state index contributed by atoms with van der Waals surface area (Å²) in [6.07, 6.45) is 0. The van der Waals surface area contributed by atoms with Crippen molar-refractivity contribution in [1.82, 2.24) is 10.1 Å². The van der Waals surface area contributed by atoms with Gasteiger partial charge in [0.25, 0.3) is 0 Å². The largest absolute Gasteiger partial charge is 0.497 e. The van der Waals surface area contributed by atoms with E-state index in [0.29, 0.717) is 0 Å².